The summed E-state index contributed by atoms with van der Waals surface area (Å²) in [6.07, 6.45) is 0.559. The van der Waals surface area contributed by atoms with Crippen LogP contribution < -0.4 is 5.73 Å². The Morgan fingerprint density at radius 2 is 1.82 bits per heavy atom. The molecule has 0 aromatic rings. The van der Waals surface area contributed by atoms with Crippen LogP contribution in [-0.2, 0) is 4.79 Å². The first-order valence-corrected chi connectivity index (χ1v) is 6.31. The van der Waals surface area contributed by atoms with E-state index in [2.05, 4.69) is 0 Å². The van der Waals surface area contributed by atoms with Crippen molar-refractivity contribution in [1.82, 2.24) is 4.90 Å². The fraction of sp³-hybridized carbons (Fsp3) is 0.833. The Bertz CT molecular complexity index is 299. The summed E-state index contributed by atoms with van der Waals surface area (Å²) in [6, 6.07) is 0. The minimum Gasteiger partial charge on any atom is -0.392 e. The highest BCUT2D eigenvalue weighted by Crippen LogP contribution is 2.25. The highest BCUT2D eigenvalue weighted by atomic mass is 32.1. The van der Waals surface area contributed by atoms with Gasteiger partial charge in [-0.25, -0.2) is 0 Å². The van der Waals surface area contributed by atoms with Crippen molar-refractivity contribution < 1.29 is 9.90 Å². The van der Waals surface area contributed by atoms with Gasteiger partial charge in [0.1, 0.15) is 0 Å². The number of thiocarbonyl (C=S) groups is 1. The molecule has 1 amide bonds. The molecule has 0 heterocycles. The van der Waals surface area contributed by atoms with Gasteiger partial charge in [0.2, 0.25) is 5.91 Å². The molecule has 1 atom stereocenters. The summed E-state index contributed by atoms with van der Waals surface area (Å²) in [7, 11) is 0. The summed E-state index contributed by atoms with van der Waals surface area (Å²) < 4.78 is 0. The number of carbonyl (C=O) groups excluding carboxylic acids is 1. The maximum Gasteiger partial charge on any atom is 0.235 e. The molecule has 0 bridgehead atoms. The first-order valence-electron chi connectivity index (χ1n) is 5.90. The molecule has 0 rings (SSSR count). The molecule has 4 nitrogen and oxygen atoms in total. The van der Waals surface area contributed by atoms with Gasteiger partial charge in [-0.3, -0.25) is 4.79 Å². The Morgan fingerprint density at radius 1 is 1.35 bits per heavy atom. The second-order valence-electron chi connectivity index (χ2n) is 5.18. The Labute approximate surface area is 109 Å². The summed E-state index contributed by atoms with van der Waals surface area (Å²) in [6.45, 7) is 9.67. The summed E-state index contributed by atoms with van der Waals surface area (Å²) in [5, 5.41) is 9.79. The van der Waals surface area contributed by atoms with Gasteiger partial charge < -0.3 is 15.7 Å². The lowest BCUT2D eigenvalue weighted by Gasteiger charge is -2.35. The molecule has 0 spiro atoms. The Balaban J connectivity index is 5.04. The van der Waals surface area contributed by atoms with E-state index in [9.17, 15) is 9.90 Å². The van der Waals surface area contributed by atoms with Crippen LogP contribution in [0.5, 0.6) is 0 Å². The number of hydrogen-bond donors (Lipinski definition) is 2. The lowest BCUT2D eigenvalue weighted by molar-refractivity contribution is -0.140. The topological polar surface area (TPSA) is 66.6 Å². The van der Waals surface area contributed by atoms with Crippen LogP contribution in [0.15, 0.2) is 0 Å². The summed E-state index contributed by atoms with van der Waals surface area (Å²) in [4.78, 5) is 14.2. The maximum atomic E-state index is 12.4. The SMILES string of the molecule is CCN(CC(C)(C)O)C(=O)C(C)(CC)C(N)=S. The number of nitrogens with zero attached hydrogens (tertiary/aromatic N) is 1. The molecule has 0 radical (unpaired) electrons. The number of amides is 1. The Kier molecular flexibility index (Phi) is 5.55. The van der Waals surface area contributed by atoms with Crippen molar-refractivity contribution >= 4 is 23.1 Å². The molecule has 0 aromatic carbocycles. The zero-order chi connectivity index (χ0) is 13.9. The minimum absolute atomic E-state index is 0.114. The van der Waals surface area contributed by atoms with Crippen LogP contribution in [0.3, 0.4) is 0 Å². The third-order valence-corrected chi connectivity index (χ3v) is 3.42. The highest BCUT2D eigenvalue weighted by Gasteiger charge is 2.38. The van der Waals surface area contributed by atoms with Crippen LogP contribution in [0.1, 0.15) is 41.0 Å². The molecular weight excluding hydrogens is 236 g/mol. The first-order chi connectivity index (χ1) is 7.58. The molecule has 1 unspecified atom stereocenters. The largest absolute Gasteiger partial charge is 0.392 e. The number of aliphatic hydroxyl groups is 1. The lowest BCUT2D eigenvalue weighted by atomic mass is 9.85. The Morgan fingerprint density at radius 3 is 2.06 bits per heavy atom. The minimum atomic E-state index is -0.920. The van der Waals surface area contributed by atoms with Gasteiger partial charge in [0.25, 0.3) is 0 Å². The van der Waals surface area contributed by atoms with Crippen molar-refractivity contribution in [2.24, 2.45) is 11.1 Å². The molecule has 3 N–H and O–H groups in total. The summed E-state index contributed by atoms with van der Waals surface area (Å²) in [5.41, 5.74) is 3.92. The van der Waals surface area contributed by atoms with Gasteiger partial charge in [-0.1, -0.05) is 19.1 Å². The third-order valence-electron chi connectivity index (χ3n) is 2.97. The number of hydrogen-bond acceptors (Lipinski definition) is 3. The normalized spacial score (nSPS) is 15.2. The van der Waals surface area contributed by atoms with Crippen molar-refractivity contribution in [3.63, 3.8) is 0 Å². The van der Waals surface area contributed by atoms with Gasteiger partial charge in [-0.2, -0.15) is 0 Å². The monoisotopic (exact) mass is 260 g/mol. The van der Waals surface area contributed by atoms with Gasteiger partial charge >= 0.3 is 0 Å². The average molecular weight is 260 g/mol. The van der Waals surface area contributed by atoms with E-state index in [1.807, 2.05) is 13.8 Å². The molecule has 0 aliphatic carbocycles. The fourth-order valence-electron chi connectivity index (χ4n) is 1.57. The number of carbonyl (C=O) groups is 1. The maximum absolute atomic E-state index is 12.4. The van der Waals surface area contributed by atoms with Crippen LogP contribution in [0, 0.1) is 5.41 Å². The van der Waals surface area contributed by atoms with E-state index in [1.54, 1.807) is 25.7 Å². The molecule has 0 fully saturated rings. The lowest BCUT2D eigenvalue weighted by Crippen LogP contribution is -2.52. The number of nitrogens with two attached hydrogens (primary N) is 1. The smallest absolute Gasteiger partial charge is 0.235 e. The van der Waals surface area contributed by atoms with Crippen LogP contribution >= 0.6 is 12.2 Å². The van der Waals surface area contributed by atoms with Gasteiger partial charge in [0.05, 0.1) is 16.0 Å². The first kappa shape index (κ1) is 16.3. The van der Waals surface area contributed by atoms with Gasteiger partial charge in [0, 0.05) is 13.1 Å². The van der Waals surface area contributed by atoms with Crippen molar-refractivity contribution in [2.75, 3.05) is 13.1 Å². The molecule has 0 saturated heterocycles. The predicted octanol–water partition coefficient (Wildman–Crippen LogP) is 1.31. The highest BCUT2D eigenvalue weighted by molar-refractivity contribution is 7.80. The van der Waals surface area contributed by atoms with E-state index >= 15 is 0 Å². The predicted molar refractivity (Wildman–Crippen MR) is 73.7 cm³/mol. The van der Waals surface area contributed by atoms with Crippen LogP contribution in [0.2, 0.25) is 0 Å². The van der Waals surface area contributed by atoms with E-state index < -0.39 is 11.0 Å². The number of rotatable bonds is 6. The van der Waals surface area contributed by atoms with Crippen LogP contribution in [0.4, 0.5) is 0 Å². The standard InChI is InChI=1S/C12H24N2O2S/c1-6-12(5,9(13)17)10(15)14(7-2)8-11(3,4)16/h16H,6-8H2,1-5H3,(H2,13,17). The number of likely N-dealkylation sites (N-methyl/N-ethyl adjacent to an activating group) is 1. The van der Waals surface area contributed by atoms with Crippen molar-refractivity contribution in [3.05, 3.63) is 0 Å². The van der Waals surface area contributed by atoms with E-state index in [0.29, 0.717) is 13.0 Å². The molecule has 5 heteroatoms. The Hall–Kier alpha value is -0.680. The zero-order valence-electron chi connectivity index (χ0n) is 11.4. The second-order valence-corrected chi connectivity index (χ2v) is 5.62. The van der Waals surface area contributed by atoms with Gasteiger partial charge in [0.15, 0.2) is 0 Å². The summed E-state index contributed by atoms with van der Waals surface area (Å²) in [5.74, 6) is -0.114. The third kappa shape index (κ3) is 4.24. The van der Waals surface area contributed by atoms with Crippen LogP contribution in [0.25, 0.3) is 0 Å². The second kappa shape index (κ2) is 5.78. The molecule has 100 valence electrons. The molecule has 0 aliphatic rings. The molecule has 0 aromatic heterocycles. The summed E-state index contributed by atoms with van der Waals surface area (Å²) >= 11 is 4.98. The molecule has 17 heavy (non-hydrogen) atoms. The fourth-order valence-corrected chi connectivity index (χ4v) is 1.81. The van der Waals surface area contributed by atoms with Crippen molar-refractivity contribution in [3.8, 4) is 0 Å². The average Bonchev–Trinajstić information content (AvgIpc) is 2.22. The molecule has 0 saturated carbocycles. The quantitative estimate of drug-likeness (QED) is 0.707. The van der Waals surface area contributed by atoms with E-state index in [1.165, 1.54) is 0 Å². The molecule has 0 aliphatic heterocycles. The van der Waals surface area contributed by atoms with E-state index in [-0.39, 0.29) is 17.4 Å². The van der Waals surface area contributed by atoms with E-state index in [0.717, 1.165) is 0 Å². The van der Waals surface area contributed by atoms with Crippen LogP contribution in [-0.4, -0.2) is 39.6 Å². The van der Waals surface area contributed by atoms with Gasteiger partial charge in [-0.15, -0.1) is 0 Å². The van der Waals surface area contributed by atoms with E-state index in [4.69, 9.17) is 18.0 Å². The molecular formula is C12H24N2O2S. The zero-order valence-corrected chi connectivity index (χ0v) is 12.2. The van der Waals surface area contributed by atoms with Crippen molar-refractivity contribution in [2.45, 2.75) is 46.6 Å². The van der Waals surface area contributed by atoms with Crippen molar-refractivity contribution in [1.29, 1.82) is 0 Å². The van der Waals surface area contributed by atoms with Gasteiger partial charge in [-0.05, 0) is 34.1 Å².